The summed E-state index contributed by atoms with van der Waals surface area (Å²) in [6, 6.07) is 14.1. The van der Waals surface area contributed by atoms with E-state index in [2.05, 4.69) is 31.4 Å². The number of para-hydroxylation sites is 1. The van der Waals surface area contributed by atoms with Gasteiger partial charge >= 0.3 is 0 Å². The Kier molecular flexibility index (Phi) is 5.50. The van der Waals surface area contributed by atoms with Gasteiger partial charge in [-0.1, -0.05) is 45.9 Å². The van der Waals surface area contributed by atoms with Crippen LogP contribution in [0.3, 0.4) is 0 Å². The Morgan fingerprint density at radius 2 is 2.00 bits per heavy atom. The van der Waals surface area contributed by atoms with Gasteiger partial charge in [0.25, 0.3) is 0 Å². The highest BCUT2D eigenvalue weighted by Gasteiger charge is 2.14. The first-order valence-electron chi connectivity index (χ1n) is 7.40. The second kappa shape index (κ2) is 7.79. The van der Waals surface area contributed by atoms with E-state index in [0.717, 1.165) is 11.5 Å². The highest BCUT2D eigenvalue weighted by atomic mass is 79.9. The molecular weight excluding hydrogens is 407 g/mol. The number of hydrogen-bond acceptors (Lipinski definition) is 4. The van der Waals surface area contributed by atoms with E-state index in [9.17, 15) is 9.18 Å². The fourth-order valence-corrected chi connectivity index (χ4v) is 3.35. The molecule has 1 aromatic heterocycles. The van der Waals surface area contributed by atoms with Crippen molar-refractivity contribution >= 4 is 39.3 Å². The third-order valence-corrected chi connectivity index (χ3v) is 4.77. The van der Waals surface area contributed by atoms with Crippen molar-refractivity contribution in [2.24, 2.45) is 0 Å². The van der Waals surface area contributed by atoms with E-state index in [4.69, 9.17) is 0 Å². The number of hydrogen-bond donors (Lipinski definition) is 1. The number of carbonyl (C=O) groups excluding carboxylic acids is 1. The monoisotopic (exact) mass is 420 g/mol. The summed E-state index contributed by atoms with van der Waals surface area (Å²) >= 11 is 4.43. The molecule has 2 aromatic carbocycles. The molecule has 3 rings (SSSR count). The summed E-state index contributed by atoms with van der Waals surface area (Å²) in [4.78, 5) is 12.1. The second-order valence-corrected chi connectivity index (χ2v) is 7.02. The molecule has 0 saturated heterocycles. The highest BCUT2D eigenvalue weighted by molar-refractivity contribution is 9.10. The number of aryl methyl sites for hydroxylation is 1. The number of aromatic nitrogens is 3. The zero-order valence-electron chi connectivity index (χ0n) is 13.2. The Balaban J connectivity index is 1.69. The molecule has 0 saturated carbocycles. The average Bonchev–Trinajstić information content (AvgIpc) is 2.97. The number of rotatable bonds is 5. The summed E-state index contributed by atoms with van der Waals surface area (Å²) < 4.78 is 16.3. The maximum absolute atomic E-state index is 13.8. The van der Waals surface area contributed by atoms with Crippen molar-refractivity contribution in [3.63, 3.8) is 0 Å². The van der Waals surface area contributed by atoms with E-state index >= 15 is 0 Å². The standard InChI is InChI=1S/C17H14BrFN4OS/c1-11-21-22-17(23(11)13-5-3-2-4-6-13)25-10-16(24)20-15-8-7-12(18)9-14(15)19/h2-9H,10H2,1H3,(H,20,24). The average molecular weight is 421 g/mol. The van der Waals surface area contributed by atoms with Gasteiger partial charge in [-0.3, -0.25) is 9.36 Å². The maximum atomic E-state index is 13.8. The summed E-state index contributed by atoms with van der Waals surface area (Å²) in [6.45, 7) is 1.85. The van der Waals surface area contributed by atoms with Crippen molar-refractivity contribution in [1.82, 2.24) is 14.8 Å². The Hall–Kier alpha value is -2.19. The van der Waals surface area contributed by atoms with Gasteiger partial charge < -0.3 is 5.32 Å². The predicted molar refractivity (Wildman–Crippen MR) is 99.5 cm³/mol. The molecule has 0 aliphatic carbocycles. The molecule has 1 N–H and O–H groups in total. The van der Waals surface area contributed by atoms with Crippen molar-refractivity contribution in [1.29, 1.82) is 0 Å². The Morgan fingerprint density at radius 1 is 1.24 bits per heavy atom. The van der Waals surface area contributed by atoms with Gasteiger partial charge in [-0.25, -0.2) is 4.39 Å². The number of anilines is 1. The third-order valence-electron chi connectivity index (χ3n) is 3.35. The molecule has 0 radical (unpaired) electrons. The van der Waals surface area contributed by atoms with E-state index in [1.807, 2.05) is 41.8 Å². The number of benzene rings is 2. The minimum Gasteiger partial charge on any atom is -0.323 e. The summed E-state index contributed by atoms with van der Waals surface area (Å²) in [5.41, 5.74) is 1.07. The van der Waals surface area contributed by atoms with Crippen LogP contribution in [0.1, 0.15) is 5.82 Å². The fourth-order valence-electron chi connectivity index (χ4n) is 2.22. The van der Waals surface area contributed by atoms with E-state index in [0.29, 0.717) is 9.63 Å². The topological polar surface area (TPSA) is 59.8 Å². The highest BCUT2D eigenvalue weighted by Crippen LogP contribution is 2.23. The predicted octanol–water partition coefficient (Wildman–Crippen LogP) is 4.21. The first-order valence-corrected chi connectivity index (χ1v) is 9.17. The SMILES string of the molecule is Cc1nnc(SCC(=O)Nc2ccc(Br)cc2F)n1-c1ccccc1. The molecule has 25 heavy (non-hydrogen) atoms. The second-order valence-electron chi connectivity index (χ2n) is 5.16. The van der Waals surface area contributed by atoms with E-state index in [1.54, 1.807) is 6.07 Å². The normalized spacial score (nSPS) is 10.7. The number of thioether (sulfide) groups is 1. The van der Waals surface area contributed by atoms with Crippen LogP contribution in [0.15, 0.2) is 58.2 Å². The number of nitrogens with zero attached hydrogens (tertiary/aromatic N) is 3. The summed E-state index contributed by atoms with van der Waals surface area (Å²) in [5, 5.41) is 11.4. The molecule has 0 aliphatic rings. The van der Waals surface area contributed by atoms with Gasteiger partial charge in [0.1, 0.15) is 11.6 Å². The van der Waals surface area contributed by atoms with Crippen molar-refractivity contribution in [3.05, 3.63) is 64.6 Å². The molecule has 0 atom stereocenters. The lowest BCUT2D eigenvalue weighted by molar-refractivity contribution is -0.113. The lowest BCUT2D eigenvalue weighted by Gasteiger charge is -2.09. The lowest BCUT2D eigenvalue weighted by atomic mass is 10.3. The molecule has 5 nitrogen and oxygen atoms in total. The van der Waals surface area contributed by atoms with Gasteiger partial charge in [0, 0.05) is 10.2 Å². The van der Waals surface area contributed by atoms with Crippen LogP contribution >= 0.6 is 27.7 Å². The van der Waals surface area contributed by atoms with Crippen LogP contribution in [-0.2, 0) is 4.79 Å². The van der Waals surface area contributed by atoms with Crippen LogP contribution in [0.2, 0.25) is 0 Å². The molecule has 3 aromatic rings. The first-order chi connectivity index (χ1) is 12.0. The van der Waals surface area contributed by atoms with Crippen molar-refractivity contribution in [2.75, 3.05) is 11.1 Å². The molecule has 0 fully saturated rings. The first kappa shape index (κ1) is 17.6. The number of halogens is 2. The van der Waals surface area contributed by atoms with E-state index in [1.165, 1.54) is 23.9 Å². The van der Waals surface area contributed by atoms with Gasteiger partial charge in [-0.2, -0.15) is 0 Å². The van der Waals surface area contributed by atoms with Gasteiger partial charge in [-0.05, 0) is 37.3 Å². The Bertz CT molecular complexity index is 901. The van der Waals surface area contributed by atoms with E-state index in [-0.39, 0.29) is 17.3 Å². The number of amides is 1. The van der Waals surface area contributed by atoms with Crippen LogP contribution < -0.4 is 5.32 Å². The van der Waals surface area contributed by atoms with Crippen LogP contribution in [0.4, 0.5) is 10.1 Å². The van der Waals surface area contributed by atoms with Crippen LogP contribution in [0.5, 0.6) is 0 Å². The minimum absolute atomic E-state index is 0.0977. The van der Waals surface area contributed by atoms with Crippen LogP contribution in [0.25, 0.3) is 5.69 Å². The van der Waals surface area contributed by atoms with Gasteiger partial charge in [0.15, 0.2) is 5.16 Å². The van der Waals surface area contributed by atoms with Crippen LogP contribution in [0, 0.1) is 12.7 Å². The van der Waals surface area contributed by atoms with Gasteiger partial charge in [0.2, 0.25) is 5.91 Å². The third kappa shape index (κ3) is 4.26. The number of carbonyl (C=O) groups is 1. The van der Waals surface area contributed by atoms with Crippen molar-refractivity contribution < 1.29 is 9.18 Å². The quantitative estimate of drug-likeness (QED) is 0.628. The van der Waals surface area contributed by atoms with E-state index < -0.39 is 5.82 Å². The number of nitrogens with one attached hydrogen (secondary N) is 1. The van der Waals surface area contributed by atoms with Crippen molar-refractivity contribution in [3.8, 4) is 5.69 Å². The van der Waals surface area contributed by atoms with Gasteiger partial charge in [-0.15, -0.1) is 10.2 Å². The molecule has 8 heteroatoms. The van der Waals surface area contributed by atoms with Crippen LogP contribution in [-0.4, -0.2) is 26.4 Å². The maximum Gasteiger partial charge on any atom is 0.234 e. The minimum atomic E-state index is -0.490. The molecule has 0 aliphatic heterocycles. The Morgan fingerprint density at radius 3 is 2.72 bits per heavy atom. The fraction of sp³-hybridized carbons (Fsp3) is 0.118. The molecule has 0 bridgehead atoms. The summed E-state index contributed by atoms with van der Waals surface area (Å²) in [5.74, 6) is 0.0241. The molecule has 0 unspecified atom stereocenters. The molecule has 1 heterocycles. The largest absolute Gasteiger partial charge is 0.323 e. The summed E-state index contributed by atoms with van der Waals surface area (Å²) in [6.07, 6.45) is 0. The molecule has 128 valence electrons. The van der Waals surface area contributed by atoms with Gasteiger partial charge in [0.05, 0.1) is 11.4 Å². The smallest absolute Gasteiger partial charge is 0.234 e. The molecule has 1 amide bonds. The lowest BCUT2D eigenvalue weighted by Crippen LogP contribution is -2.15. The molecular formula is C17H14BrFN4OS. The Labute approximate surface area is 156 Å². The summed E-state index contributed by atoms with van der Waals surface area (Å²) in [7, 11) is 0. The van der Waals surface area contributed by atoms with Crippen molar-refractivity contribution in [2.45, 2.75) is 12.1 Å². The molecule has 0 spiro atoms. The zero-order chi connectivity index (χ0) is 17.8. The zero-order valence-corrected chi connectivity index (χ0v) is 15.6.